The summed E-state index contributed by atoms with van der Waals surface area (Å²) in [4.78, 5) is 56.2. The molecular formula is C30H24N4O7S. The van der Waals surface area contributed by atoms with Gasteiger partial charge in [0.05, 0.1) is 11.2 Å². The summed E-state index contributed by atoms with van der Waals surface area (Å²) in [5.41, 5.74) is 10.4. The highest BCUT2D eigenvalue weighted by Gasteiger charge is 2.65. The van der Waals surface area contributed by atoms with Gasteiger partial charge in [0.1, 0.15) is 11.3 Å². The van der Waals surface area contributed by atoms with Gasteiger partial charge in [0.2, 0.25) is 11.3 Å². The SMILES string of the molecule is CC1=C(C(=O)O)N2C(=O)C(NC(=O)C(C(=O)OC(c3ccccc3)c3ccccc3)c3ccccc3)[C@H]2[S+]([O-])C1=[N+]=[N-]. The minimum absolute atomic E-state index is 0.142. The topological polar surface area (TPSA) is 172 Å². The van der Waals surface area contributed by atoms with Crippen LogP contribution in [0.3, 0.4) is 0 Å². The first kappa shape index (κ1) is 28.5. The quantitative estimate of drug-likeness (QED) is 0.102. The van der Waals surface area contributed by atoms with Crippen LogP contribution in [0.4, 0.5) is 0 Å². The average molecular weight is 585 g/mol. The van der Waals surface area contributed by atoms with Crippen LogP contribution < -0.4 is 5.32 Å². The summed E-state index contributed by atoms with van der Waals surface area (Å²) in [6.07, 6.45) is -0.847. The number of amides is 2. The van der Waals surface area contributed by atoms with Gasteiger partial charge in [0.15, 0.2) is 18.1 Å². The molecule has 1 saturated heterocycles. The number of fused-ring (bicyclic) bond motifs is 1. The molecule has 2 amide bonds. The van der Waals surface area contributed by atoms with Crippen LogP contribution in [0.2, 0.25) is 0 Å². The maximum absolute atomic E-state index is 13.8. The molecule has 0 bridgehead atoms. The van der Waals surface area contributed by atoms with Gasteiger partial charge in [-0.3, -0.25) is 19.3 Å². The van der Waals surface area contributed by atoms with E-state index in [4.69, 9.17) is 4.74 Å². The number of esters is 1. The number of hydrogen-bond acceptors (Lipinski definition) is 6. The van der Waals surface area contributed by atoms with Gasteiger partial charge in [-0.1, -0.05) is 91.0 Å². The van der Waals surface area contributed by atoms with Gasteiger partial charge in [0.25, 0.3) is 5.91 Å². The maximum Gasteiger partial charge on any atom is 0.490 e. The third kappa shape index (κ3) is 5.10. The number of hydrogen-bond donors (Lipinski definition) is 2. The van der Waals surface area contributed by atoms with Crippen LogP contribution in [-0.4, -0.2) is 59.6 Å². The predicted octanol–water partition coefficient (Wildman–Crippen LogP) is 2.51. The molecule has 1 fully saturated rings. The standard InChI is InChI=1S/C30H24N4O7S/c1-17-23(29(37)38)34-27(36)22(28(34)42(40)26(17)33-31)32-25(35)21(18-11-5-2-6-12-18)30(39)41-24(19-13-7-3-8-14-19)20-15-9-4-10-16-20/h2-16,21-22,24,28H,1H3,(H,32,35)(H,37,38)/t21?,22?,28-,42?/m1/s1. The average Bonchev–Trinajstić information content (AvgIpc) is 3.00. The smallest absolute Gasteiger partial charge is 0.490 e. The molecule has 42 heavy (non-hydrogen) atoms. The van der Waals surface area contributed by atoms with Crippen molar-refractivity contribution in [3.8, 4) is 0 Å². The van der Waals surface area contributed by atoms with Crippen molar-refractivity contribution in [2.75, 3.05) is 0 Å². The molecule has 2 aliphatic heterocycles. The van der Waals surface area contributed by atoms with Crippen molar-refractivity contribution in [2.24, 2.45) is 0 Å². The van der Waals surface area contributed by atoms with E-state index in [1.165, 1.54) is 6.92 Å². The highest BCUT2D eigenvalue weighted by atomic mass is 32.2. The first-order valence-electron chi connectivity index (χ1n) is 12.8. The van der Waals surface area contributed by atoms with E-state index in [9.17, 15) is 34.4 Å². The minimum Gasteiger partial charge on any atom is -0.604 e. The third-order valence-electron chi connectivity index (χ3n) is 7.03. The molecular weight excluding hydrogens is 560 g/mol. The zero-order chi connectivity index (χ0) is 30.0. The number of nitrogens with one attached hydrogen (secondary N) is 1. The third-order valence-corrected chi connectivity index (χ3v) is 8.72. The van der Waals surface area contributed by atoms with Crippen LogP contribution in [0.5, 0.6) is 0 Å². The number of carboxylic acids is 1. The molecule has 0 spiro atoms. The fourth-order valence-corrected chi connectivity index (χ4v) is 6.56. The maximum atomic E-state index is 13.8. The first-order valence-corrected chi connectivity index (χ1v) is 14.0. The van der Waals surface area contributed by atoms with Crippen molar-refractivity contribution in [3.63, 3.8) is 0 Å². The molecule has 0 saturated carbocycles. The molecule has 3 aromatic rings. The molecule has 2 heterocycles. The Balaban J connectivity index is 1.45. The van der Waals surface area contributed by atoms with E-state index < -0.39 is 69.1 Å². The van der Waals surface area contributed by atoms with Crippen LogP contribution in [0, 0.1) is 0 Å². The van der Waals surface area contributed by atoms with E-state index in [-0.39, 0.29) is 11.1 Å². The number of rotatable bonds is 8. The Labute approximate surface area is 243 Å². The summed E-state index contributed by atoms with van der Waals surface area (Å²) in [7, 11) is 0. The van der Waals surface area contributed by atoms with E-state index in [1.54, 1.807) is 78.9 Å². The number of aliphatic carboxylic acids is 1. The normalized spacial score (nSPS) is 20.3. The number of β-lactam (4-membered cyclic amide) rings is 1. The Bertz CT molecular complexity index is 1590. The molecule has 3 unspecified atom stereocenters. The molecule has 12 heteroatoms. The van der Waals surface area contributed by atoms with Gasteiger partial charge in [-0.05, 0) is 23.6 Å². The number of nitrogens with zero attached hydrogens (tertiary/aromatic N) is 3. The summed E-state index contributed by atoms with van der Waals surface area (Å²) in [5.74, 6) is -5.66. The summed E-state index contributed by atoms with van der Waals surface area (Å²) >= 11 is -2.17. The molecule has 0 aromatic heterocycles. The lowest BCUT2D eigenvalue weighted by atomic mass is 9.95. The van der Waals surface area contributed by atoms with E-state index in [1.807, 2.05) is 12.1 Å². The molecule has 5 rings (SSSR count). The molecule has 11 nitrogen and oxygen atoms in total. The minimum atomic E-state index is -2.17. The fraction of sp³-hybridized carbons (Fsp3) is 0.167. The Morgan fingerprint density at radius 3 is 1.93 bits per heavy atom. The van der Waals surface area contributed by atoms with Crippen molar-refractivity contribution in [2.45, 2.75) is 30.4 Å². The number of carbonyl (C=O) groups excluding carboxylic acids is 3. The lowest BCUT2D eigenvalue weighted by Crippen LogP contribution is -2.75. The summed E-state index contributed by atoms with van der Waals surface area (Å²) in [5, 5.41) is 10.4. The van der Waals surface area contributed by atoms with Crippen molar-refractivity contribution in [3.05, 3.63) is 124 Å². The van der Waals surface area contributed by atoms with Crippen molar-refractivity contribution < 1.29 is 38.4 Å². The number of benzene rings is 3. The Morgan fingerprint density at radius 2 is 1.45 bits per heavy atom. The first-order chi connectivity index (χ1) is 20.2. The van der Waals surface area contributed by atoms with Gasteiger partial charge in [-0.25, -0.2) is 4.79 Å². The Kier molecular flexibility index (Phi) is 8.03. The van der Waals surface area contributed by atoms with Crippen molar-refractivity contribution in [1.29, 1.82) is 0 Å². The van der Waals surface area contributed by atoms with Gasteiger partial charge in [-0.2, -0.15) is 0 Å². The summed E-state index contributed by atoms with van der Waals surface area (Å²) in [6, 6.07) is 24.6. The lowest BCUT2D eigenvalue weighted by Gasteiger charge is -2.46. The predicted molar refractivity (Wildman–Crippen MR) is 150 cm³/mol. The zero-order valence-corrected chi connectivity index (χ0v) is 22.9. The van der Waals surface area contributed by atoms with Crippen molar-refractivity contribution in [1.82, 2.24) is 10.2 Å². The molecule has 0 aliphatic carbocycles. The molecule has 2 aliphatic rings. The monoisotopic (exact) mass is 584 g/mol. The second kappa shape index (κ2) is 11.8. The molecule has 3 aromatic carbocycles. The van der Waals surface area contributed by atoms with Gasteiger partial charge < -0.3 is 25.2 Å². The molecule has 0 radical (unpaired) electrons. The van der Waals surface area contributed by atoms with Gasteiger partial charge in [-0.15, -0.1) is 4.79 Å². The summed E-state index contributed by atoms with van der Waals surface area (Å²) in [6.45, 7) is 1.27. The number of carbonyl (C=O) groups is 4. The number of ether oxygens (including phenoxy) is 1. The van der Waals surface area contributed by atoms with Gasteiger partial charge in [0, 0.05) is 0 Å². The van der Waals surface area contributed by atoms with Crippen LogP contribution >= 0.6 is 0 Å². The van der Waals surface area contributed by atoms with E-state index >= 15 is 0 Å². The highest BCUT2D eigenvalue weighted by Crippen LogP contribution is 2.38. The van der Waals surface area contributed by atoms with Crippen molar-refractivity contribution >= 4 is 40.0 Å². The largest absolute Gasteiger partial charge is 0.604 e. The Hall–Kier alpha value is -5.03. The van der Waals surface area contributed by atoms with E-state index in [0.717, 1.165) is 4.90 Å². The summed E-state index contributed by atoms with van der Waals surface area (Å²) < 4.78 is 19.1. The lowest BCUT2D eigenvalue weighted by molar-refractivity contribution is -0.155. The molecule has 4 atom stereocenters. The number of carboxylic acid groups (broad SMARTS) is 1. The van der Waals surface area contributed by atoms with Crippen LogP contribution in [-0.2, 0) is 35.1 Å². The van der Waals surface area contributed by atoms with Crippen LogP contribution in [0.1, 0.15) is 35.6 Å². The fourth-order valence-electron chi connectivity index (χ4n) is 5.02. The molecule has 2 N–H and O–H groups in total. The highest BCUT2D eigenvalue weighted by molar-refractivity contribution is 8.07. The van der Waals surface area contributed by atoms with E-state index in [2.05, 4.69) is 10.1 Å². The Morgan fingerprint density at radius 1 is 0.952 bits per heavy atom. The second-order valence-corrected chi connectivity index (χ2v) is 11.0. The zero-order valence-electron chi connectivity index (χ0n) is 22.1. The van der Waals surface area contributed by atoms with E-state index in [0.29, 0.717) is 11.1 Å². The van der Waals surface area contributed by atoms with Crippen LogP contribution in [0.15, 0.2) is 102 Å². The van der Waals surface area contributed by atoms with Crippen LogP contribution in [0.25, 0.3) is 5.53 Å². The molecule has 212 valence electrons. The van der Waals surface area contributed by atoms with Gasteiger partial charge >= 0.3 is 17.0 Å². The second-order valence-electron chi connectivity index (χ2n) is 9.55.